The fourth-order valence-electron chi connectivity index (χ4n) is 2.80. The lowest BCUT2D eigenvalue weighted by Crippen LogP contribution is -2.26. The summed E-state index contributed by atoms with van der Waals surface area (Å²) >= 11 is 0. The van der Waals surface area contributed by atoms with E-state index in [0.717, 1.165) is 0 Å². The van der Waals surface area contributed by atoms with Crippen molar-refractivity contribution in [2.24, 2.45) is 0 Å². The van der Waals surface area contributed by atoms with Gasteiger partial charge in [0.2, 0.25) is 0 Å². The molecular weight excluding hydrogens is 259 g/mol. The van der Waals surface area contributed by atoms with E-state index in [0.29, 0.717) is 10.3 Å². The molecule has 0 atom stereocenters. The summed E-state index contributed by atoms with van der Waals surface area (Å²) in [6, 6.07) is 9.23. The number of hydrogen-bond acceptors (Lipinski definition) is 0. The Morgan fingerprint density at radius 2 is 1.30 bits per heavy atom. The van der Waals surface area contributed by atoms with Gasteiger partial charge in [-0.2, -0.15) is 0 Å². The molecule has 0 fully saturated rings. The first-order chi connectivity index (χ1) is 8.82. The third-order valence-electron chi connectivity index (χ3n) is 3.75. The molecule has 1 aromatic carbocycles. The van der Waals surface area contributed by atoms with Crippen LogP contribution in [0.15, 0.2) is 24.3 Å². The summed E-state index contributed by atoms with van der Waals surface area (Å²) in [6.07, 6.45) is 1.23. The minimum absolute atomic E-state index is 0.0673. The van der Waals surface area contributed by atoms with Crippen LogP contribution in [0.4, 0.5) is 0 Å². The maximum atomic E-state index is 2.42. The second kappa shape index (κ2) is 5.80. The third kappa shape index (κ3) is 4.88. The van der Waals surface area contributed by atoms with Gasteiger partial charge in [-0.1, -0.05) is 94.5 Å². The third-order valence-corrected chi connectivity index (χ3v) is 7.67. The molecule has 20 heavy (non-hydrogen) atoms. The van der Waals surface area contributed by atoms with Gasteiger partial charge >= 0.3 is 0 Å². The molecule has 0 amide bonds. The second-order valence-electron chi connectivity index (χ2n) is 8.88. The maximum Gasteiger partial charge on any atom is -0.00636 e. The molecule has 0 saturated carbocycles. The highest BCUT2D eigenvalue weighted by Gasteiger charge is 2.34. The SMILES string of the molecule is CC(C)(C)c1cccc(CP(C(C)(C)C)C(C)(C)C)c1. The van der Waals surface area contributed by atoms with Gasteiger partial charge in [-0.15, -0.1) is 0 Å². The molecule has 0 aliphatic carbocycles. The first-order valence-corrected chi connectivity index (χ1v) is 9.22. The molecular formula is C19H33P. The highest BCUT2D eigenvalue weighted by molar-refractivity contribution is 7.60. The normalized spacial score (nSPS) is 13.9. The topological polar surface area (TPSA) is 0 Å². The zero-order valence-electron chi connectivity index (χ0n) is 15.0. The molecule has 0 nitrogen and oxygen atoms in total. The smallest absolute Gasteiger partial charge is 0.00636 e. The van der Waals surface area contributed by atoms with E-state index in [2.05, 4.69) is 86.6 Å². The Kier molecular flexibility index (Phi) is 5.13. The lowest BCUT2D eigenvalue weighted by molar-refractivity contribution is 0.589. The van der Waals surface area contributed by atoms with Crippen molar-refractivity contribution in [2.45, 2.75) is 84.2 Å². The van der Waals surface area contributed by atoms with Crippen molar-refractivity contribution in [1.29, 1.82) is 0 Å². The lowest BCUT2D eigenvalue weighted by Gasteiger charge is -2.42. The summed E-state index contributed by atoms with van der Waals surface area (Å²) in [5, 5.41) is 0.788. The largest absolute Gasteiger partial charge is 0.0911 e. The van der Waals surface area contributed by atoms with Gasteiger partial charge < -0.3 is 0 Å². The van der Waals surface area contributed by atoms with Crippen molar-refractivity contribution in [1.82, 2.24) is 0 Å². The fourth-order valence-corrected chi connectivity index (χ4v) is 6.32. The van der Waals surface area contributed by atoms with Crippen molar-refractivity contribution < 1.29 is 0 Å². The minimum Gasteiger partial charge on any atom is -0.0911 e. The fraction of sp³-hybridized carbons (Fsp3) is 0.684. The van der Waals surface area contributed by atoms with E-state index in [-0.39, 0.29) is 13.3 Å². The molecule has 1 aromatic rings. The number of rotatable bonds is 2. The predicted octanol–water partition coefficient (Wildman–Crippen LogP) is 6.56. The Hall–Kier alpha value is -0.350. The Bertz CT molecular complexity index is 424. The van der Waals surface area contributed by atoms with E-state index in [4.69, 9.17) is 0 Å². The van der Waals surface area contributed by atoms with Crippen LogP contribution in [0.5, 0.6) is 0 Å². The highest BCUT2D eigenvalue weighted by atomic mass is 31.1. The standard InChI is InChI=1S/C19H33P/c1-17(2,3)16-12-10-11-15(13-16)14-20(18(4,5)6)19(7,8)9/h10-13H,14H2,1-9H3. The van der Waals surface area contributed by atoms with Crippen LogP contribution < -0.4 is 0 Å². The summed E-state index contributed by atoms with van der Waals surface area (Å²) < 4.78 is 0. The molecule has 0 bridgehead atoms. The Balaban J connectivity index is 3.08. The summed E-state index contributed by atoms with van der Waals surface area (Å²) in [4.78, 5) is 0. The van der Waals surface area contributed by atoms with Crippen LogP contribution in [0.2, 0.25) is 0 Å². The Morgan fingerprint density at radius 1 is 0.800 bits per heavy atom. The van der Waals surface area contributed by atoms with E-state index in [1.54, 1.807) is 0 Å². The van der Waals surface area contributed by atoms with Gasteiger partial charge in [0, 0.05) is 0 Å². The molecule has 0 aliphatic heterocycles. The lowest BCUT2D eigenvalue weighted by atomic mass is 9.86. The second-order valence-corrected chi connectivity index (χ2v) is 12.7. The molecule has 0 heterocycles. The summed E-state index contributed by atoms with van der Waals surface area (Å²) in [5.74, 6) is 0. The minimum atomic E-state index is -0.0673. The van der Waals surface area contributed by atoms with Gasteiger partial charge in [0.15, 0.2) is 0 Å². The van der Waals surface area contributed by atoms with Gasteiger partial charge in [-0.25, -0.2) is 0 Å². The maximum absolute atomic E-state index is 2.42. The number of hydrogen-bond donors (Lipinski definition) is 0. The zero-order chi connectivity index (χ0) is 15.8. The van der Waals surface area contributed by atoms with Crippen LogP contribution in [0.3, 0.4) is 0 Å². The summed E-state index contributed by atoms with van der Waals surface area (Å²) in [5.41, 5.74) is 3.20. The van der Waals surface area contributed by atoms with Crippen molar-refractivity contribution in [3.8, 4) is 0 Å². The van der Waals surface area contributed by atoms with Crippen molar-refractivity contribution in [3.05, 3.63) is 35.4 Å². The van der Waals surface area contributed by atoms with E-state index >= 15 is 0 Å². The van der Waals surface area contributed by atoms with Gasteiger partial charge in [-0.05, 0) is 33.0 Å². The summed E-state index contributed by atoms with van der Waals surface area (Å²) in [6.45, 7) is 21.3. The highest BCUT2D eigenvalue weighted by Crippen LogP contribution is 2.61. The predicted molar refractivity (Wildman–Crippen MR) is 95.3 cm³/mol. The van der Waals surface area contributed by atoms with E-state index < -0.39 is 0 Å². The monoisotopic (exact) mass is 292 g/mol. The Morgan fingerprint density at radius 3 is 1.70 bits per heavy atom. The molecule has 0 aromatic heterocycles. The molecule has 0 radical (unpaired) electrons. The van der Waals surface area contributed by atoms with Crippen LogP contribution in [0.25, 0.3) is 0 Å². The number of benzene rings is 1. The van der Waals surface area contributed by atoms with E-state index in [9.17, 15) is 0 Å². The van der Waals surface area contributed by atoms with Gasteiger partial charge in [0.25, 0.3) is 0 Å². The molecule has 0 unspecified atom stereocenters. The van der Waals surface area contributed by atoms with Crippen molar-refractivity contribution in [2.75, 3.05) is 0 Å². The zero-order valence-corrected chi connectivity index (χ0v) is 15.9. The molecule has 1 heteroatoms. The van der Waals surface area contributed by atoms with Crippen LogP contribution in [-0.2, 0) is 11.6 Å². The van der Waals surface area contributed by atoms with Crippen LogP contribution in [-0.4, -0.2) is 10.3 Å². The molecule has 0 saturated heterocycles. The first-order valence-electron chi connectivity index (χ1n) is 7.69. The van der Waals surface area contributed by atoms with Gasteiger partial charge in [0.05, 0.1) is 0 Å². The quantitative estimate of drug-likeness (QED) is 0.541. The van der Waals surface area contributed by atoms with E-state index in [1.165, 1.54) is 17.3 Å². The molecule has 0 N–H and O–H groups in total. The molecule has 1 rings (SSSR count). The average Bonchev–Trinajstić information content (AvgIpc) is 2.22. The van der Waals surface area contributed by atoms with Crippen molar-refractivity contribution >= 4 is 7.92 Å². The summed E-state index contributed by atoms with van der Waals surface area (Å²) in [7, 11) is -0.0673. The van der Waals surface area contributed by atoms with Gasteiger partial charge in [-0.3, -0.25) is 0 Å². The van der Waals surface area contributed by atoms with Crippen molar-refractivity contribution in [3.63, 3.8) is 0 Å². The van der Waals surface area contributed by atoms with Crippen LogP contribution in [0.1, 0.15) is 73.4 Å². The average molecular weight is 292 g/mol. The van der Waals surface area contributed by atoms with Crippen LogP contribution >= 0.6 is 7.92 Å². The molecule has 0 aliphatic rings. The first kappa shape index (κ1) is 17.7. The molecule has 114 valence electrons. The Labute approximate surface area is 128 Å². The van der Waals surface area contributed by atoms with Crippen LogP contribution in [0, 0.1) is 0 Å². The van der Waals surface area contributed by atoms with Gasteiger partial charge in [0.1, 0.15) is 0 Å². The van der Waals surface area contributed by atoms with E-state index in [1.807, 2.05) is 0 Å². The molecule has 0 spiro atoms.